The SMILES string of the molecule is COCCN(CCC(=O)OC)C(=O)CC1CC1. The second-order valence-corrected chi connectivity index (χ2v) is 4.35. The summed E-state index contributed by atoms with van der Waals surface area (Å²) in [7, 11) is 2.96. The summed E-state index contributed by atoms with van der Waals surface area (Å²) in [6, 6.07) is 0. The molecule has 0 N–H and O–H groups in total. The van der Waals surface area contributed by atoms with E-state index in [1.165, 1.54) is 7.11 Å². The lowest BCUT2D eigenvalue weighted by Crippen LogP contribution is -2.35. The Morgan fingerprint density at radius 3 is 2.47 bits per heavy atom. The van der Waals surface area contributed by atoms with Crippen LogP contribution < -0.4 is 0 Å². The minimum absolute atomic E-state index is 0.119. The molecule has 0 heterocycles. The second-order valence-electron chi connectivity index (χ2n) is 4.35. The summed E-state index contributed by atoms with van der Waals surface area (Å²) in [5.74, 6) is 0.394. The molecule has 1 aliphatic carbocycles. The zero-order valence-corrected chi connectivity index (χ0v) is 10.6. The number of nitrogens with zero attached hydrogens (tertiary/aromatic N) is 1. The van der Waals surface area contributed by atoms with Crippen molar-refractivity contribution < 1.29 is 19.1 Å². The molecule has 1 rings (SSSR count). The monoisotopic (exact) mass is 243 g/mol. The van der Waals surface area contributed by atoms with Crippen molar-refractivity contribution in [3.05, 3.63) is 0 Å². The number of carbonyl (C=O) groups is 2. The maximum atomic E-state index is 11.9. The smallest absolute Gasteiger partial charge is 0.307 e. The van der Waals surface area contributed by atoms with Crippen LogP contribution in [0.5, 0.6) is 0 Å². The molecule has 1 fully saturated rings. The second kappa shape index (κ2) is 7.27. The number of carbonyl (C=O) groups excluding carboxylic acids is 2. The van der Waals surface area contributed by atoms with Crippen LogP contribution in [0.2, 0.25) is 0 Å². The molecule has 0 atom stereocenters. The van der Waals surface area contributed by atoms with Crippen LogP contribution in [0.3, 0.4) is 0 Å². The van der Waals surface area contributed by atoms with Crippen LogP contribution in [0.1, 0.15) is 25.7 Å². The average molecular weight is 243 g/mol. The van der Waals surface area contributed by atoms with Crippen LogP contribution in [-0.2, 0) is 19.1 Å². The summed E-state index contributed by atoms with van der Waals surface area (Å²) in [5, 5.41) is 0. The van der Waals surface area contributed by atoms with Gasteiger partial charge >= 0.3 is 5.97 Å². The molecule has 17 heavy (non-hydrogen) atoms. The Kier molecular flexibility index (Phi) is 5.97. The van der Waals surface area contributed by atoms with Gasteiger partial charge in [0.1, 0.15) is 0 Å². The first-order valence-electron chi connectivity index (χ1n) is 6.01. The Balaban J connectivity index is 2.34. The zero-order chi connectivity index (χ0) is 12.7. The molecule has 0 unspecified atom stereocenters. The van der Waals surface area contributed by atoms with Crippen LogP contribution in [0.15, 0.2) is 0 Å². The van der Waals surface area contributed by atoms with Crippen LogP contribution in [-0.4, -0.2) is 50.7 Å². The van der Waals surface area contributed by atoms with Crippen molar-refractivity contribution in [1.82, 2.24) is 4.90 Å². The summed E-state index contributed by atoms with van der Waals surface area (Å²) < 4.78 is 9.54. The molecule has 1 saturated carbocycles. The lowest BCUT2D eigenvalue weighted by molar-refractivity contribution is -0.142. The van der Waals surface area contributed by atoms with E-state index in [0.29, 0.717) is 32.0 Å². The van der Waals surface area contributed by atoms with Crippen molar-refractivity contribution in [1.29, 1.82) is 0 Å². The van der Waals surface area contributed by atoms with E-state index in [4.69, 9.17) is 4.74 Å². The first-order chi connectivity index (χ1) is 8.17. The molecule has 1 amide bonds. The predicted octanol–water partition coefficient (Wildman–Crippen LogP) is 0.825. The van der Waals surface area contributed by atoms with E-state index in [-0.39, 0.29) is 18.3 Å². The van der Waals surface area contributed by atoms with E-state index in [2.05, 4.69) is 4.74 Å². The van der Waals surface area contributed by atoms with Crippen molar-refractivity contribution in [2.75, 3.05) is 33.9 Å². The van der Waals surface area contributed by atoms with Crippen LogP contribution in [0.4, 0.5) is 0 Å². The third-order valence-corrected chi connectivity index (χ3v) is 2.89. The Hall–Kier alpha value is -1.10. The van der Waals surface area contributed by atoms with Crippen molar-refractivity contribution >= 4 is 11.9 Å². The van der Waals surface area contributed by atoms with Crippen LogP contribution in [0, 0.1) is 5.92 Å². The molecule has 0 spiro atoms. The van der Waals surface area contributed by atoms with E-state index in [9.17, 15) is 9.59 Å². The molecule has 5 heteroatoms. The molecule has 5 nitrogen and oxygen atoms in total. The average Bonchev–Trinajstić information content (AvgIpc) is 3.12. The van der Waals surface area contributed by atoms with Gasteiger partial charge in [-0.15, -0.1) is 0 Å². The van der Waals surface area contributed by atoms with Gasteiger partial charge in [-0.3, -0.25) is 9.59 Å². The summed E-state index contributed by atoms with van der Waals surface area (Å²) in [4.78, 5) is 24.7. The quantitative estimate of drug-likeness (QED) is 0.592. The fourth-order valence-electron chi connectivity index (χ4n) is 1.59. The number of methoxy groups -OCH3 is 2. The Bertz CT molecular complexity index is 263. The number of esters is 1. The molecule has 0 aromatic carbocycles. The molecule has 0 bridgehead atoms. The highest BCUT2D eigenvalue weighted by Crippen LogP contribution is 2.32. The zero-order valence-electron chi connectivity index (χ0n) is 10.6. The Morgan fingerprint density at radius 1 is 1.24 bits per heavy atom. The fraction of sp³-hybridized carbons (Fsp3) is 0.833. The lowest BCUT2D eigenvalue weighted by atomic mass is 10.2. The normalized spacial score (nSPS) is 14.5. The van der Waals surface area contributed by atoms with E-state index < -0.39 is 0 Å². The van der Waals surface area contributed by atoms with Crippen molar-refractivity contribution in [2.24, 2.45) is 5.92 Å². The largest absolute Gasteiger partial charge is 0.469 e. The summed E-state index contributed by atoms with van der Waals surface area (Å²) in [5.41, 5.74) is 0. The van der Waals surface area contributed by atoms with Gasteiger partial charge in [-0.05, 0) is 18.8 Å². The Morgan fingerprint density at radius 2 is 1.94 bits per heavy atom. The van der Waals surface area contributed by atoms with Gasteiger partial charge in [0.15, 0.2) is 0 Å². The summed E-state index contributed by atoms with van der Waals surface area (Å²) in [6.45, 7) is 1.46. The molecule has 1 aliphatic rings. The standard InChI is InChI=1S/C12H21NO4/c1-16-8-7-13(6-5-12(15)17-2)11(14)9-10-3-4-10/h10H,3-9H2,1-2H3. The summed E-state index contributed by atoms with van der Waals surface area (Å²) in [6.07, 6.45) is 3.16. The predicted molar refractivity (Wildman–Crippen MR) is 62.4 cm³/mol. The number of ether oxygens (including phenoxy) is 2. The van der Waals surface area contributed by atoms with Crippen LogP contribution in [0.25, 0.3) is 0 Å². The fourth-order valence-corrected chi connectivity index (χ4v) is 1.59. The molecule has 0 aliphatic heterocycles. The number of amides is 1. The first-order valence-corrected chi connectivity index (χ1v) is 6.01. The highest BCUT2D eigenvalue weighted by molar-refractivity contribution is 5.77. The van der Waals surface area contributed by atoms with Crippen molar-refractivity contribution in [3.63, 3.8) is 0 Å². The number of hydrogen-bond donors (Lipinski definition) is 0. The maximum absolute atomic E-state index is 11.9. The van der Waals surface area contributed by atoms with Gasteiger partial charge in [-0.1, -0.05) is 0 Å². The molecular formula is C12H21NO4. The van der Waals surface area contributed by atoms with Gasteiger partial charge in [-0.2, -0.15) is 0 Å². The number of rotatable bonds is 8. The third kappa shape index (κ3) is 5.68. The highest BCUT2D eigenvalue weighted by Gasteiger charge is 2.27. The Labute approximate surface area is 102 Å². The van der Waals surface area contributed by atoms with Gasteiger partial charge < -0.3 is 14.4 Å². The topological polar surface area (TPSA) is 55.8 Å². The van der Waals surface area contributed by atoms with Gasteiger partial charge in [-0.25, -0.2) is 0 Å². The van der Waals surface area contributed by atoms with E-state index in [0.717, 1.165) is 12.8 Å². The molecule has 0 aromatic heterocycles. The minimum atomic E-state index is -0.286. The molecule has 0 radical (unpaired) electrons. The van der Waals surface area contributed by atoms with E-state index >= 15 is 0 Å². The molecule has 0 saturated heterocycles. The summed E-state index contributed by atoms with van der Waals surface area (Å²) >= 11 is 0. The highest BCUT2D eigenvalue weighted by atomic mass is 16.5. The molecule has 0 aromatic rings. The lowest BCUT2D eigenvalue weighted by Gasteiger charge is -2.21. The van der Waals surface area contributed by atoms with Crippen molar-refractivity contribution in [3.8, 4) is 0 Å². The van der Waals surface area contributed by atoms with E-state index in [1.54, 1.807) is 12.0 Å². The van der Waals surface area contributed by atoms with Gasteiger partial charge in [0, 0.05) is 26.6 Å². The van der Waals surface area contributed by atoms with E-state index in [1.807, 2.05) is 0 Å². The van der Waals surface area contributed by atoms with Gasteiger partial charge in [0.05, 0.1) is 20.1 Å². The van der Waals surface area contributed by atoms with Crippen LogP contribution >= 0.6 is 0 Å². The maximum Gasteiger partial charge on any atom is 0.307 e. The van der Waals surface area contributed by atoms with Gasteiger partial charge in [0.2, 0.25) is 5.91 Å². The molecule has 98 valence electrons. The van der Waals surface area contributed by atoms with Gasteiger partial charge in [0.25, 0.3) is 0 Å². The molecular weight excluding hydrogens is 222 g/mol. The third-order valence-electron chi connectivity index (χ3n) is 2.89. The van der Waals surface area contributed by atoms with Crippen molar-refractivity contribution in [2.45, 2.75) is 25.7 Å². The first kappa shape index (κ1) is 14.0. The minimum Gasteiger partial charge on any atom is -0.469 e. The number of hydrogen-bond acceptors (Lipinski definition) is 4.